The molecule has 0 saturated carbocycles. The van der Waals surface area contributed by atoms with E-state index in [-0.39, 0.29) is 12.3 Å². The minimum Gasteiger partial charge on any atom is -0.440 e. The lowest BCUT2D eigenvalue weighted by molar-refractivity contribution is -0.130. The van der Waals surface area contributed by atoms with Crippen LogP contribution < -0.4 is 0 Å². The van der Waals surface area contributed by atoms with Gasteiger partial charge in [-0.05, 0) is 38.5 Å². The molecule has 0 radical (unpaired) electrons. The van der Waals surface area contributed by atoms with E-state index in [1.165, 1.54) is 0 Å². The molecule has 18 heavy (non-hydrogen) atoms. The summed E-state index contributed by atoms with van der Waals surface area (Å²) in [4.78, 5) is 18.1. The highest BCUT2D eigenvalue weighted by atomic mass is 16.3. The Balaban J connectivity index is 2.19. The van der Waals surface area contributed by atoms with Gasteiger partial charge in [0.25, 0.3) is 0 Å². The van der Waals surface area contributed by atoms with E-state index >= 15 is 0 Å². The number of carbonyl (C=O) groups excluding carboxylic acids is 1. The van der Waals surface area contributed by atoms with Crippen LogP contribution in [0, 0.1) is 6.92 Å². The average molecular weight is 246 g/mol. The zero-order valence-corrected chi connectivity index (χ0v) is 11.1. The fraction of sp³-hybridized carbons (Fsp3) is 0.429. The van der Waals surface area contributed by atoms with Crippen LogP contribution in [0.4, 0.5) is 0 Å². The topological polar surface area (TPSA) is 46.3 Å². The number of likely N-dealkylation sites (N-methyl/N-ethyl adjacent to an activating group) is 1. The molecule has 0 bridgehead atoms. The van der Waals surface area contributed by atoms with E-state index in [9.17, 15) is 4.79 Å². The lowest BCUT2D eigenvalue weighted by Gasteiger charge is -2.17. The van der Waals surface area contributed by atoms with Crippen molar-refractivity contribution in [2.75, 3.05) is 13.1 Å². The van der Waals surface area contributed by atoms with Crippen LogP contribution in [0.1, 0.15) is 25.3 Å². The third-order valence-electron chi connectivity index (χ3n) is 3.01. The van der Waals surface area contributed by atoms with Crippen molar-refractivity contribution in [2.24, 2.45) is 0 Å². The van der Waals surface area contributed by atoms with Crippen molar-refractivity contribution < 1.29 is 9.21 Å². The summed E-state index contributed by atoms with van der Waals surface area (Å²) >= 11 is 0. The van der Waals surface area contributed by atoms with Gasteiger partial charge in [-0.25, -0.2) is 4.98 Å². The summed E-state index contributed by atoms with van der Waals surface area (Å²) in [5.74, 6) is 0.552. The SMILES string of the molecule is CCN(CC)C(=O)Cc1nc2cc(C)ccc2o1. The summed E-state index contributed by atoms with van der Waals surface area (Å²) in [5, 5.41) is 0. The number of benzene rings is 1. The summed E-state index contributed by atoms with van der Waals surface area (Å²) in [6, 6.07) is 5.83. The van der Waals surface area contributed by atoms with Gasteiger partial charge < -0.3 is 9.32 Å². The molecule has 0 N–H and O–H groups in total. The first kappa shape index (κ1) is 12.6. The minimum absolute atomic E-state index is 0.0586. The van der Waals surface area contributed by atoms with Crippen molar-refractivity contribution in [1.29, 1.82) is 0 Å². The number of oxazole rings is 1. The van der Waals surface area contributed by atoms with Gasteiger partial charge in [0, 0.05) is 13.1 Å². The van der Waals surface area contributed by atoms with Crippen molar-refractivity contribution in [3.8, 4) is 0 Å². The van der Waals surface area contributed by atoms with Crippen LogP contribution in [0.5, 0.6) is 0 Å². The number of aryl methyl sites for hydroxylation is 1. The van der Waals surface area contributed by atoms with E-state index < -0.39 is 0 Å². The molecule has 1 amide bonds. The van der Waals surface area contributed by atoms with Gasteiger partial charge in [0.2, 0.25) is 11.8 Å². The largest absolute Gasteiger partial charge is 0.440 e. The molecule has 2 aromatic rings. The standard InChI is InChI=1S/C14H18N2O2/c1-4-16(5-2)14(17)9-13-15-11-8-10(3)6-7-12(11)18-13/h6-8H,4-5,9H2,1-3H3. The summed E-state index contributed by atoms with van der Waals surface area (Å²) < 4.78 is 5.57. The van der Waals surface area contributed by atoms with Gasteiger partial charge in [-0.15, -0.1) is 0 Å². The number of hydrogen-bond donors (Lipinski definition) is 0. The molecule has 0 unspecified atom stereocenters. The number of rotatable bonds is 4. The number of hydrogen-bond acceptors (Lipinski definition) is 3. The predicted octanol–water partition coefficient (Wildman–Crippen LogP) is 2.55. The smallest absolute Gasteiger partial charge is 0.231 e. The van der Waals surface area contributed by atoms with Gasteiger partial charge in [-0.2, -0.15) is 0 Å². The van der Waals surface area contributed by atoms with E-state index in [1.807, 2.05) is 39.0 Å². The third-order valence-corrected chi connectivity index (χ3v) is 3.01. The van der Waals surface area contributed by atoms with Crippen LogP contribution in [-0.2, 0) is 11.2 Å². The molecule has 1 heterocycles. The molecular weight excluding hydrogens is 228 g/mol. The second-order valence-corrected chi connectivity index (χ2v) is 4.32. The van der Waals surface area contributed by atoms with Crippen molar-refractivity contribution in [1.82, 2.24) is 9.88 Å². The van der Waals surface area contributed by atoms with Crippen molar-refractivity contribution in [2.45, 2.75) is 27.2 Å². The number of carbonyl (C=O) groups is 1. The number of fused-ring (bicyclic) bond motifs is 1. The molecule has 0 atom stereocenters. The molecule has 0 spiro atoms. The highest BCUT2D eigenvalue weighted by Gasteiger charge is 2.14. The number of nitrogens with zero attached hydrogens (tertiary/aromatic N) is 2. The Bertz CT molecular complexity index is 556. The molecule has 0 saturated heterocycles. The maximum absolute atomic E-state index is 11.9. The van der Waals surface area contributed by atoms with Crippen LogP contribution in [0.25, 0.3) is 11.1 Å². The molecule has 1 aromatic carbocycles. The van der Waals surface area contributed by atoms with Gasteiger partial charge >= 0.3 is 0 Å². The quantitative estimate of drug-likeness (QED) is 0.832. The van der Waals surface area contributed by atoms with Crippen LogP contribution in [0.2, 0.25) is 0 Å². The minimum atomic E-state index is 0.0586. The van der Waals surface area contributed by atoms with E-state index in [2.05, 4.69) is 4.98 Å². The molecular formula is C14H18N2O2. The Morgan fingerprint density at radius 2 is 2.06 bits per heavy atom. The molecule has 96 valence electrons. The number of amides is 1. The highest BCUT2D eigenvalue weighted by molar-refractivity contribution is 5.79. The lowest BCUT2D eigenvalue weighted by Crippen LogP contribution is -2.31. The van der Waals surface area contributed by atoms with Crippen LogP contribution in [-0.4, -0.2) is 28.9 Å². The molecule has 0 aliphatic rings. The van der Waals surface area contributed by atoms with Gasteiger partial charge in [-0.3, -0.25) is 4.79 Å². The van der Waals surface area contributed by atoms with Gasteiger partial charge in [0.1, 0.15) is 11.9 Å². The van der Waals surface area contributed by atoms with Gasteiger partial charge in [0.05, 0.1) is 0 Å². The Hall–Kier alpha value is -1.84. The Morgan fingerprint density at radius 3 is 2.72 bits per heavy atom. The average Bonchev–Trinajstić information content (AvgIpc) is 2.71. The first-order valence-corrected chi connectivity index (χ1v) is 6.28. The summed E-state index contributed by atoms with van der Waals surface area (Å²) in [7, 11) is 0. The molecule has 4 heteroatoms. The fourth-order valence-corrected chi connectivity index (χ4v) is 1.98. The summed E-state index contributed by atoms with van der Waals surface area (Å²) in [6.07, 6.45) is 0.232. The van der Waals surface area contributed by atoms with E-state index in [4.69, 9.17) is 4.42 Å². The molecule has 2 rings (SSSR count). The summed E-state index contributed by atoms with van der Waals surface area (Å²) in [6.45, 7) is 7.38. The third kappa shape index (κ3) is 2.53. The van der Waals surface area contributed by atoms with E-state index in [0.717, 1.165) is 16.7 Å². The maximum Gasteiger partial charge on any atom is 0.231 e. The van der Waals surface area contributed by atoms with Crippen LogP contribution >= 0.6 is 0 Å². The van der Waals surface area contributed by atoms with Crippen LogP contribution in [0.15, 0.2) is 22.6 Å². The van der Waals surface area contributed by atoms with E-state index in [0.29, 0.717) is 19.0 Å². The van der Waals surface area contributed by atoms with Crippen molar-refractivity contribution in [3.05, 3.63) is 29.7 Å². The molecule has 4 nitrogen and oxygen atoms in total. The zero-order valence-electron chi connectivity index (χ0n) is 11.1. The van der Waals surface area contributed by atoms with Gasteiger partial charge in [0.15, 0.2) is 5.58 Å². The second-order valence-electron chi connectivity index (χ2n) is 4.32. The first-order chi connectivity index (χ1) is 8.63. The molecule has 0 aliphatic carbocycles. The first-order valence-electron chi connectivity index (χ1n) is 6.28. The van der Waals surface area contributed by atoms with Crippen LogP contribution in [0.3, 0.4) is 0 Å². The maximum atomic E-state index is 11.9. The Morgan fingerprint density at radius 1 is 1.33 bits per heavy atom. The van der Waals surface area contributed by atoms with Gasteiger partial charge in [-0.1, -0.05) is 6.07 Å². The number of aromatic nitrogens is 1. The lowest BCUT2D eigenvalue weighted by atomic mass is 10.2. The van der Waals surface area contributed by atoms with Crippen molar-refractivity contribution >= 4 is 17.0 Å². The van der Waals surface area contributed by atoms with Crippen molar-refractivity contribution in [3.63, 3.8) is 0 Å². The molecule has 1 aromatic heterocycles. The monoisotopic (exact) mass is 246 g/mol. The normalized spacial score (nSPS) is 10.8. The fourth-order valence-electron chi connectivity index (χ4n) is 1.98. The zero-order chi connectivity index (χ0) is 13.1. The Kier molecular flexibility index (Phi) is 3.65. The molecule has 0 fully saturated rings. The summed E-state index contributed by atoms with van der Waals surface area (Å²) in [5.41, 5.74) is 2.69. The highest BCUT2D eigenvalue weighted by Crippen LogP contribution is 2.17. The van der Waals surface area contributed by atoms with E-state index in [1.54, 1.807) is 4.90 Å². The molecule has 0 aliphatic heterocycles. The second kappa shape index (κ2) is 5.21. The Labute approximate surface area is 107 Å². The predicted molar refractivity (Wildman–Crippen MR) is 70.4 cm³/mol.